The first-order chi connectivity index (χ1) is 5.26. The Balaban J connectivity index is 3.02. The molecule has 0 radical (unpaired) electrons. The molecule has 60 valence electrons. The number of aromatic nitrogens is 2. The van der Waals surface area contributed by atoms with Gasteiger partial charge in [0.2, 0.25) is 0 Å². The van der Waals surface area contributed by atoms with Gasteiger partial charge in [-0.2, -0.15) is 0 Å². The summed E-state index contributed by atoms with van der Waals surface area (Å²) in [7, 11) is 0. The first-order valence-corrected chi connectivity index (χ1v) is 5.05. The monoisotopic (exact) mass is 233 g/mol. The molecule has 1 rings (SSSR count). The van der Waals surface area contributed by atoms with Gasteiger partial charge in [-0.15, -0.1) is 0 Å². The lowest BCUT2D eigenvalue weighted by atomic mass is 10.4. The molecule has 1 aromatic heterocycles. The van der Waals surface area contributed by atoms with Gasteiger partial charge in [0.05, 0.1) is 5.69 Å². The van der Waals surface area contributed by atoms with E-state index in [1.54, 1.807) is 0 Å². The van der Waals surface area contributed by atoms with E-state index in [-0.39, 0.29) is 0 Å². The van der Waals surface area contributed by atoms with Crippen LogP contribution < -0.4 is 5.73 Å². The maximum absolute atomic E-state index is 5.42. The number of hydrogen-bond donors (Lipinski definition) is 1. The van der Waals surface area contributed by atoms with Gasteiger partial charge in [0.25, 0.3) is 0 Å². The number of rotatable bonds is 2. The Labute approximate surface area is 77.9 Å². The second-order valence-electron chi connectivity index (χ2n) is 1.87. The molecule has 0 amide bonds. The van der Waals surface area contributed by atoms with E-state index in [2.05, 4.69) is 25.9 Å². The summed E-state index contributed by atoms with van der Waals surface area (Å²) in [5, 5.41) is 0.750. The second kappa shape index (κ2) is 4.04. The Kier molecular flexibility index (Phi) is 3.29. The molecular weight excluding hydrogens is 226 g/mol. The lowest BCUT2D eigenvalue weighted by Gasteiger charge is -1.99. The highest BCUT2D eigenvalue weighted by molar-refractivity contribution is 9.10. The summed E-state index contributed by atoms with van der Waals surface area (Å²) in [5.74, 6) is 0. The van der Waals surface area contributed by atoms with Crippen molar-refractivity contribution in [2.75, 3.05) is 6.26 Å². The van der Waals surface area contributed by atoms with Crippen molar-refractivity contribution in [1.29, 1.82) is 0 Å². The predicted octanol–water partition coefficient (Wildman–Crippen LogP) is 1.42. The molecule has 0 unspecified atom stereocenters. The molecule has 0 atom stereocenters. The van der Waals surface area contributed by atoms with Crippen LogP contribution in [0.25, 0.3) is 0 Å². The summed E-state index contributed by atoms with van der Waals surface area (Å²) in [4.78, 5) is 8.28. The van der Waals surface area contributed by atoms with E-state index in [0.717, 1.165) is 15.5 Å². The van der Waals surface area contributed by atoms with Crippen LogP contribution in [0.15, 0.2) is 15.8 Å². The lowest BCUT2D eigenvalue weighted by Crippen LogP contribution is -2.01. The number of halogens is 1. The first-order valence-electron chi connectivity index (χ1n) is 3.03. The summed E-state index contributed by atoms with van der Waals surface area (Å²) in [6.07, 6.45) is 1.93. The van der Waals surface area contributed by atoms with E-state index in [4.69, 9.17) is 5.73 Å². The molecule has 0 fully saturated rings. The summed E-state index contributed by atoms with van der Waals surface area (Å²) >= 11 is 4.78. The highest BCUT2D eigenvalue weighted by Gasteiger charge is 1.99. The molecule has 5 heteroatoms. The molecule has 0 aromatic carbocycles. The van der Waals surface area contributed by atoms with Crippen LogP contribution in [-0.4, -0.2) is 16.2 Å². The van der Waals surface area contributed by atoms with Gasteiger partial charge in [-0.25, -0.2) is 9.97 Å². The van der Waals surface area contributed by atoms with Gasteiger partial charge in [0.15, 0.2) is 5.16 Å². The van der Waals surface area contributed by atoms with E-state index in [0.29, 0.717) is 6.54 Å². The van der Waals surface area contributed by atoms with E-state index in [1.165, 1.54) is 11.8 Å². The fourth-order valence-electron chi connectivity index (χ4n) is 0.637. The second-order valence-corrected chi connectivity index (χ2v) is 3.46. The van der Waals surface area contributed by atoms with Crippen molar-refractivity contribution >= 4 is 27.7 Å². The van der Waals surface area contributed by atoms with Gasteiger partial charge in [-0.3, -0.25) is 0 Å². The van der Waals surface area contributed by atoms with Crippen LogP contribution in [0.3, 0.4) is 0 Å². The molecule has 11 heavy (non-hydrogen) atoms. The zero-order chi connectivity index (χ0) is 8.27. The zero-order valence-corrected chi connectivity index (χ0v) is 8.44. The van der Waals surface area contributed by atoms with Crippen LogP contribution in [0, 0.1) is 0 Å². The van der Waals surface area contributed by atoms with E-state index in [9.17, 15) is 0 Å². The number of hydrogen-bond acceptors (Lipinski definition) is 4. The zero-order valence-electron chi connectivity index (χ0n) is 6.04. The van der Waals surface area contributed by atoms with Gasteiger partial charge in [-0.05, 0) is 28.3 Å². The summed E-state index contributed by atoms with van der Waals surface area (Å²) in [6, 6.07) is 1.82. The molecule has 0 saturated carbocycles. The third kappa shape index (κ3) is 2.43. The molecule has 1 aromatic rings. The summed E-state index contributed by atoms with van der Waals surface area (Å²) in [6.45, 7) is 0.453. The largest absolute Gasteiger partial charge is 0.325 e. The minimum Gasteiger partial charge on any atom is -0.325 e. The smallest absolute Gasteiger partial charge is 0.188 e. The number of thioether (sulfide) groups is 1. The van der Waals surface area contributed by atoms with E-state index < -0.39 is 0 Å². The fourth-order valence-corrected chi connectivity index (χ4v) is 1.58. The van der Waals surface area contributed by atoms with Crippen LogP contribution >= 0.6 is 27.7 Å². The van der Waals surface area contributed by atoms with Gasteiger partial charge in [0, 0.05) is 6.54 Å². The highest BCUT2D eigenvalue weighted by atomic mass is 79.9. The Morgan fingerprint density at radius 1 is 1.64 bits per heavy atom. The standard InChI is InChI=1S/C6H8BrN3S/c1-11-6-9-4(3-8)2-5(7)10-6/h2H,3,8H2,1H3. The van der Waals surface area contributed by atoms with Gasteiger partial charge in [0.1, 0.15) is 4.60 Å². The molecule has 3 nitrogen and oxygen atoms in total. The van der Waals surface area contributed by atoms with Crippen molar-refractivity contribution in [2.45, 2.75) is 11.7 Å². The van der Waals surface area contributed by atoms with Crippen molar-refractivity contribution in [1.82, 2.24) is 9.97 Å². The van der Waals surface area contributed by atoms with Crippen LogP contribution in [0.4, 0.5) is 0 Å². The van der Waals surface area contributed by atoms with Crippen molar-refractivity contribution in [3.63, 3.8) is 0 Å². The molecular formula is C6H8BrN3S. The molecule has 0 aliphatic carbocycles. The van der Waals surface area contributed by atoms with Gasteiger partial charge < -0.3 is 5.73 Å². The SMILES string of the molecule is CSc1nc(Br)cc(CN)n1. The minimum absolute atomic E-state index is 0.453. The maximum atomic E-state index is 5.42. The molecule has 0 bridgehead atoms. The van der Waals surface area contributed by atoms with Crippen molar-refractivity contribution in [3.05, 3.63) is 16.4 Å². The molecule has 1 heterocycles. The normalized spacial score (nSPS) is 10.1. The Morgan fingerprint density at radius 2 is 2.36 bits per heavy atom. The maximum Gasteiger partial charge on any atom is 0.188 e. The van der Waals surface area contributed by atoms with Crippen LogP contribution in [0.5, 0.6) is 0 Å². The van der Waals surface area contributed by atoms with Crippen molar-refractivity contribution in [3.8, 4) is 0 Å². The average molecular weight is 234 g/mol. The first kappa shape index (κ1) is 8.96. The third-order valence-corrected chi connectivity index (χ3v) is 2.07. The Hall–Kier alpha value is -0.130. The van der Waals surface area contributed by atoms with Crippen LogP contribution in [-0.2, 0) is 6.54 Å². The van der Waals surface area contributed by atoms with E-state index >= 15 is 0 Å². The third-order valence-electron chi connectivity index (χ3n) is 1.12. The van der Waals surface area contributed by atoms with Crippen LogP contribution in [0.1, 0.15) is 5.69 Å². The fraction of sp³-hybridized carbons (Fsp3) is 0.333. The minimum atomic E-state index is 0.453. The quantitative estimate of drug-likeness (QED) is 0.477. The molecule has 0 aliphatic rings. The van der Waals surface area contributed by atoms with Crippen molar-refractivity contribution < 1.29 is 0 Å². The molecule has 0 spiro atoms. The number of nitrogens with zero attached hydrogens (tertiary/aromatic N) is 2. The predicted molar refractivity (Wildman–Crippen MR) is 49.4 cm³/mol. The Bertz CT molecular complexity index is 231. The number of nitrogens with two attached hydrogens (primary N) is 1. The van der Waals surface area contributed by atoms with Crippen LogP contribution in [0.2, 0.25) is 0 Å². The average Bonchev–Trinajstić information content (AvgIpc) is 2.03. The van der Waals surface area contributed by atoms with Gasteiger partial charge >= 0.3 is 0 Å². The topological polar surface area (TPSA) is 51.8 Å². The molecule has 0 saturated heterocycles. The summed E-state index contributed by atoms with van der Waals surface area (Å²) in [5.41, 5.74) is 6.28. The lowest BCUT2D eigenvalue weighted by molar-refractivity contribution is 0.864. The Morgan fingerprint density at radius 3 is 2.91 bits per heavy atom. The molecule has 2 N–H and O–H groups in total. The molecule has 0 aliphatic heterocycles. The van der Waals surface area contributed by atoms with Crippen molar-refractivity contribution in [2.24, 2.45) is 5.73 Å². The van der Waals surface area contributed by atoms with E-state index in [1.807, 2.05) is 12.3 Å². The highest BCUT2D eigenvalue weighted by Crippen LogP contribution is 2.13. The van der Waals surface area contributed by atoms with Gasteiger partial charge in [-0.1, -0.05) is 11.8 Å². The summed E-state index contributed by atoms with van der Waals surface area (Å²) < 4.78 is 0.789.